The fraction of sp³-hybridized carbons (Fsp3) is 0.400. The first-order valence-corrected chi connectivity index (χ1v) is 11.3. The maximum Gasteiger partial charge on any atom is 0.272 e. The molecule has 0 radical (unpaired) electrons. The van der Waals surface area contributed by atoms with Gasteiger partial charge in [-0.3, -0.25) is 19.1 Å². The van der Waals surface area contributed by atoms with Crippen LogP contribution in [-0.2, 0) is 11.3 Å². The lowest BCUT2D eigenvalue weighted by Gasteiger charge is -2.36. The van der Waals surface area contributed by atoms with Gasteiger partial charge in [0.1, 0.15) is 18.1 Å². The first-order valence-electron chi connectivity index (χ1n) is 11.3. The molecule has 0 bridgehead atoms. The van der Waals surface area contributed by atoms with Crippen LogP contribution in [0.4, 0.5) is 10.1 Å². The van der Waals surface area contributed by atoms with E-state index in [-0.39, 0.29) is 23.8 Å². The second kappa shape index (κ2) is 9.70. The zero-order chi connectivity index (χ0) is 23.5. The predicted molar refractivity (Wildman–Crippen MR) is 128 cm³/mol. The van der Waals surface area contributed by atoms with Crippen molar-refractivity contribution in [2.75, 3.05) is 44.2 Å². The highest BCUT2D eigenvalue weighted by molar-refractivity contribution is 5.81. The van der Waals surface area contributed by atoms with Crippen molar-refractivity contribution in [3.8, 4) is 0 Å². The lowest BCUT2D eigenvalue weighted by atomic mass is 10.1. The number of aromatic nitrogens is 2. The van der Waals surface area contributed by atoms with E-state index >= 15 is 0 Å². The number of fused-ring (bicyclic) bond motifs is 1. The van der Waals surface area contributed by atoms with E-state index in [1.54, 1.807) is 19.1 Å². The molecule has 1 amide bonds. The zero-order valence-electron chi connectivity index (χ0n) is 19.4. The van der Waals surface area contributed by atoms with Crippen molar-refractivity contribution < 1.29 is 9.18 Å². The number of halogens is 1. The Morgan fingerprint density at radius 1 is 1.06 bits per heavy atom. The molecular formula is C25H30FN5O2. The van der Waals surface area contributed by atoms with Crippen molar-refractivity contribution in [3.63, 3.8) is 0 Å². The molecule has 1 aliphatic heterocycles. The summed E-state index contributed by atoms with van der Waals surface area (Å²) in [7, 11) is 0. The number of amides is 1. The number of carbonyl (C=O) groups is 1. The third-order valence-electron chi connectivity index (χ3n) is 6.34. The van der Waals surface area contributed by atoms with Gasteiger partial charge in [-0.15, -0.1) is 0 Å². The predicted octanol–water partition coefficient (Wildman–Crippen LogP) is 2.40. The van der Waals surface area contributed by atoms with E-state index in [2.05, 4.69) is 20.1 Å². The van der Waals surface area contributed by atoms with Gasteiger partial charge in [-0.25, -0.2) is 9.37 Å². The zero-order valence-corrected chi connectivity index (χ0v) is 19.4. The van der Waals surface area contributed by atoms with E-state index < -0.39 is 0 Å². The van der Waals surface area contributed by atoms with Crippen molar-refractivity contribution >= 4 is 22.6 Å². The summed E-state index contributed by atoms with van der Waals surface area (Å²) < 4.78 is 15.5. The van der Waals surface area contributed by atoms with Crippen LogP contribution in [0.3, 0.4) is 0 Å². The average Bonchev–Trinajstić information content (AvgIpc) is 2.79. The minimum absolute atomic E-state index is 0.0394. The quantitative estimate of drug-likeness (QED) is 0.623. The summed E-state index contributed by atoms with van der Waals surface area (Å²) in [5.41, 5.74) is 4.32. The minimum Gasteiger partial charge on any atom is -0.367 e. The fourth-order valence-electron chi connectivity index (χ4n) is 4.26. The summed E-state index contributed by atoms with van der Waals surface area (Å²) in [6.07, 6.45) is 0. The average molecular weight is 452 g/mol. The molecular weight excluding hydrogens is 421 g/mol. The molecule has 4 rings (SSSR count). The number of rotatable bonds is 6. The molecule has 0 saturated carbocycles. The highest BCUT2D eigenvalue weighted by atomic mass is 19.1. The lowest BCUT2D eigenvalue weighted by molar-refractivity contribution is -0.121. The van der Waals surface area contributed by atoms with E-state index in [0.29, 0.717) is 30.0 Å². The Labute approximate surface area is 192 Å². The smallest absolute Gasteiger partial charge is 0.272 e. The highest BCUT2D eigenvalue weighted by Gasteiger charge is 2.19. The number of benzene rings is 2. The summed E-state index contributed by atoms with van der Waals surface area (Å²) in [6, 6.07) is 10.7. The molecule has 7 nitrogen and oxygen atoms in total. The molecule has 1 N–H and O–H groups in total. The van der Waals surface area contributed by atoms with Crippen LogP contribution in [0.1, 0.15) is 16.8 Å². The maximum atomic E-state index is 14.0. The van der Waals surface area contributed by atoms with E-state index in [1.165, 1.54) is 10.6 Å². The Balaban J connectivity index is 1.32. The summed E-state index contributed by atoms with van der Waals surface area (Å²) in [5, 5.41) is 2.93. The van der Waals surface area contributed by atoms with Crippen LogP contribution in [0.2, 0.25) is 0 Å². The van der Waals surface area contributed by atoms with E-state index in [1.807, 2.05) is 32.0 Å². The molecule has 0 spiro atoms. The van der Waals surface area contributed by atoms with Gasteiger partial charge in [-0.2, -0.15) is 0 Å². The second-order valence-electron chi connectivity index (χ2n) is 8.64. The summed E-state index contributed by atoms with van der Waals surface area (Å²) in [5.74, 6) is -0.398. The van der Waals surface area contributed by atoms with Crippen LogP contribution in [0.5, 0.6) is 0 Å². The van der Waals surface area contributed by atoms with E-state index in [9.17, 15) is 14.0 Å². The molecule has 174 valence electrons. The van der Waals surface area contributed by atoms with Crippen LogP contribution in [-0.4, -0.2) is 59.6 Å². The first kappa shape index (κ1) is 22.9. The summed E-state index contributed by atoms with van der Waals surface area (Å²) in [6.45, 7) is 9.91. The molecule has 0 unspecified atom stereocenters. The van der Waals surface area contributed by atoms with Crippen molar-refractivity contribution in [2.24, 2.45) is 0 Å². The van der Waals surface area contributed by atoms with Gasteiger partial charge in [-0.1, -0.05) is 12.1 Å². The van der Waals surface area contributed by atoms with Gasteiger partial charge in [0, 0.05) is 39.3 Å². The van der Waals surface area contributed by atoms with Gasteiger partial charge in [-0.05, 0) is 56.2 Å². The molecule has 1 fully saturated rings. The molecule has 33 heavy (non-hydrogen) atoms. The first-order chi connectivity index (χ1) is 15.8. The highest BCUT2D eigenvalue weighted by Crippen LogP contribution is 2.20. The Hall–Kier alpha value is -3.26. The number of hydrogen-bond acceptors (Lipinski definition) is 5. The summed E-state index contributed by atoms with van der Waals surface area (Å²) >= 11 is 0. The Kier molecular flexibility index (Phi) is 6.74. The topological polar surface area (TPSA) is 70.5 Å². The molecule has 0 aliphatic carbocycles. The number of nitrogens with one attached hydrogen (secondary N) is 1. The SMILES string of the molecule is Cc1cc2nc(C)c(=O)n(CC(=O)NCCN3CCN(c4ccccc4F)CC3)c2cc1C. The van der Waals surface area contributed by atoms with Gasteiger partial charge < -0.3 is 10.2 Å². The van der Waals surface area contributed by atoms with Crippen LogP contribution >= 0.6 is 0 Å². The summed E-state index contributed by atoms with van der Waals surface area (Å²) in [4.78, 5) is 34.0. The van der Waals surface area contributed by atoms with Crippen LogP contribution in [0.25, 0.3) is 11.0 Å². The van der Waals surface area contributed by atoms with Gasteiger partial charge in [0.2, 0.25) is 5.91 Å². The van der Waals surface area contributed by atoms with Crippen molar-refractivity contribution in [1.82, 2.24) is 19.8 Å². The molecule has 2 heterocycles. The molecule has 0 atom stereocenters. The van der Waals surface area contributed by atoms with Gasteiger partial charge >= 0.3 is 0 Å². The number of hydrogen-bond donors (Lipinski definition) is 1. The number of nitrogens with zero attached hydrogens (tertiary/aromatic N) is 4. The lowest BCUT2D eigenvalue weighted by Crippen LogP contribution is -2.49. The van der Waals surface area contributed by atoms with Crippen molar-refractivity contribution in [2.45, 2.75) is 27.3 Å². The standard InChI is InChI=1S/C25H30FN5O2/c1-17-14-21-23(15-18(17)2)31(25(33)19(3)28-21)16-24(32)27-8-9-29-10-12-30(13-11-29)22-7-5-4-6-20(22)26/h4-7,14-15H,8-13,16H2,1-3H3,(H,27,32). The van der Waals surface area contributed by atoms with Gasteiger partial charge in [0.05, 0.1) is 16.7 Å². The normalized spacial score (nSPS) is 14.6. The number of aryl methyl sites for hydroxylation is 3. The molecule has 1 saturated heterocycles. The van der Waals surface area contributed by atoms with Crippen LogP contribution in [0, 0.1) is 26.6 Å². The molecule has 1 aromatic heterocycles. The fourth-order valence-corrected chi connectivity index (χ4v) is 4.26. The Morgan fingerprint density at radius 3 is 2.48 bits per heavy atom. The number of para-hydroxylation sites is 1. The van der Waals surface area contributed by atoms with Crippen molar-refractivity contribution in [1.29, 1.82) is 0 Å². The maximum absolute atomic E-state index is 14.0. The molecule has 2 aromatic carbocycles. The van der Waals surface area contributed by atoms with Gasteiger partial charge in [0.15, 0.2) is 0 Å². The number of piperazine rings is 1. The van der Waals surface area contributed by atoms with E-state index in [4.69, 9.17) is 0 Å². The largest absolute Gasteiger partial charge is 0.367 e. The molecule has 8 heteroatoms. The molecule has 1 aliphatic rings. The second-order valence-corrected chi connectivity index (χ2v) is 8.64. The van der Waals surface area contributed by atoms with Gasteiger partial charge in [0.25, 0.3) is 5.56 Å². The third kappa shape index (κ3) is 5.06. The Bertz CT molecular complexity index is 1230. The minimum atomic E-state index is -0.245. The van der Waals surface area contributed by atoms with E-state index in [0.717, 1.165) is 42.8 Å². The van der Waals surface area contributed by atoms with Crippen LogP contribution < -0.4 is 15.8 Å². The number of anilines is 1. The van der Waals surface area contributed by atoms with Crippen LogP contribution in [0.15, 0.2) is 41.2 Å². The monoisotopic (exact) mass is 451 g/mol. The van der Waals surface area contributed by atoms with Crippen molar-refractivity contribution in [3.05, 3.63) is 69.4 Å². The third-order valence-corrected chi connectivity index (χ3v) is 6.34. The number of carbonyl (C=O) groups excluding carboxylic acids is 1. The molecule has 3 aromatic rings. The Morgan fingerprint density at radius 2 is 1.76 bits per heavy atom.